The molecular weight excluding hydrogens is 1020 g/mol. The lowest BCUT2D eigenvalue weighted by molar-refractivity contribution is 0.694. The van der Waals surface area contributed by atoms with E-state index >= 15 is 0 Å². The first-order valence-electron chi connectivity index (χ1n) is 20.2. The van der Waals surface area contributed by atoms with Crippen LogP contribution in [0.5, 0.6) is 0 Å². The molecule has 2 heterocycles. The number of aromatic nitrogens is 1. The largest absolute Gasteiger partial charge is 0.326 e. The van der Waals surface area contributed by atoms with Gasteiger partial charge in [-0.2, -0.15) is 0 Å². The number of hydrogen-bond acceptors (Lipinski definition) is 6. The molecular formula is C54H42I2N4S2. The van der Waals surface area contributed by atoms with Gasteiger partial charge in [-0.25, -0.2) is 4.98 Å². The molecule has 4 nitrogen and oxygen atoms in total. The highest BCUT2D eigenvalue weighted by atomic mass is 128. The van der Waals surface area contributed by atoms with Crippen molar-refractivity contribution in [1.82, 2.24) is 4.98 Å². The third-order valence-corrected chi connectivity index (χ3v) is 12.5. The smallest absolute Gasteiger partial charge is 0.129 e. The van der Waals surface area contributed by atoms with Crippen LogP contribution in [0.25, 0.3) is 21.8 Å². The molecule has 1 aliphatic heterocycles. The molecule has 0 spiro atoms. The van der Waals surface area contributed by atoms with Crippen LogP contribution in [0.3, 0.4) is 0 Å². The van der Waals surface area contributed by atoms with Gasteiger partial charge in [0.1, 0.15) is 32.2 Å². The molecule has 2 atom stereocenters. The van der Waals surface area contributed by atoms with E-state index in [0.29, 0.717) is 0 Å². The molecule has 1 aromatic heterocycles. The van der Waals surface area contributed by atoms with Crippen molar-refractivity contribution in [1.29, 1.82) is 0 Å². The third-order valence-electron chi connectivity index (χ3n) is 10.2. The molecule has 0 fully saturated rings. The number of rotatable bonds is 10. The van der Waals surface area contributed by atoms with E-state index in [1.807, 2.05) is 36.0 Å². The predicted octanol–water partition coefficient (Wildman–Crippen LogP) is 16.8. The average molecular weight is 1060 g/mol. The van der Waals surface area contributed by atoms with Gasteiger partial charge in [-0.05, 0) is 54.1 Å². The van der Waals surface area contributed by atoms with Crippen LogP contribution in [0.4, 0.5) is 27.8 Å². The summed E-state index contributed by atoms with van der Waals surface area (Å²) in [5, 5.41) is 3.33. The number of nitrogens with zero attached hydrogens (tertiary/aromatic N) is 4. The summed E-state index contributed by atoms with van der Waals surface area (Å²) < 4.78 is 0. The molecule has 0 aliphatic carbocycles. The Kier molecular flexibility index (Phi) is 15.3. The first kappa shape index (κ1) is 43.1. The van der Waals surface area contributed by atoms with Crippen molar-refractivity contribution in [3.05, 3.63) is 254 Å². The van der Waals surface area contributed by atoms with Gasteiger partial charge in [-0.3, -0.25) is 4.99 Å². The lowest BCUT2D eigenvalue weighted by Gasteiger charge is -2.33. The molecule has 2 unspecified atom stereocenters. The molecule has 0 radical (unpaired) electrons. The quantitative estimate of drug-likeness (QED) is 0.128. The Balaban J connectivity index is 0.000000164. The van der Waals surface area contributed by atoms with E-state index in [4.69, 9.17) is 9.98 Å². The normalized spacial score (nSPS) is 14.0. The van der Waals surface area contributed by atoms with Gasteiger partial charge >= 0.3 is 0 Å². The number of para-hydroxylation sites is 4. The number of aliphatic imine (C=N–C) groups is 1. The molecule has 8 heteroatoms. The fourth-order valence-electron chi connectivity index (χ4n) is 7.32. The van der Waals surface area contributed by atoms with E-state index < -0.39 is 0 Å². The van der Waals surface area contributed by atoms with Crippen LogP contribution in [0.1, 0.15) is 17.2 Å². The van der Waals surface area contributed by atoms with Gasteiger partial charge in [-0.15, -0.1) is 0 Å². The predicted molar refractivity (Wildman–Crippen MR) is 284 cm³/mol. The summed E-state index contributed by atoms with van der Waals surface area (Å²) in [6, 6.07) is 84.2. The number of halogens is 2. The van der Waals surface area contributed by atoms with E-state index in [1.54, 1.807) is 11.3 Å². The van der Waals surface area contributed by atoms with Crippen LogP contribution in [0.2, 0.25) is 0 Å². The van der Waals surface area contributed by atoms with Gasteiger partial charge in [0.05, 0.1) is 0 Å². The van der Waals surface area contributed by atoms with E-state index in [0.717, 1.165) is 43.2 Å². The summed E-state index contributed by atoms with van der Waals surface area (Å²) in [6.07, 6.45) is 0. The number of benzene rings is 8. The molecule has 0 amide bonds. The van der Waals surface area contributed by atoms with Crippen molar-refractivity contribution in [3.63, 3.8) is 0 Å². The highest BCUT2D eigenvalue weighted by Gasteiger charge is 2.37. The third kappa shape index (κ3) is 10.4. The number of thioether (sulfide) groups is 1. The second-order valence-corrected chi connectivity index (χ2v) is 16.2. The van der Waals surface area contributed by atoms with Crippen LogP contribution in [0.15, 0.2) is 248 Å². The summed E-state index contributed by atoms with van der Waals surface area (Å²) >= 11 is 7.80. The van der Waals surface area contributed by atoms with Gasteiger partial charge in [0.25, 0.3) is 0 Å². The summed E-state index contributed by atoms with van der Waals surface area (Å²) in [6.45, 7) is 0. The maximum atomic E-state index is 5.22. The van der Waals surface area contributed by atoms with Crippen LogP contribution in [0, 0.1) is 0 Å². The van der Waals surface area contributed by atoms with Crippen LogP contribution >= 0.6 is 60.3 Å². The molecule has 0 N–H and O–H groups in total. The number of anilines is 5. The molecule has 10 rings (SSSR count). The Morgan fingerprint density at radius 3 is 1.23 bits per heavy atom. The van der Waals surface area contributed by atoms with Crippen LogP contribution in [-0.4, -0.2) is 15.4 Å². The number of thiazole rings is 1. The maximum absolute atomic E-state index is 5.22. The van der Waals surface area contributed by atoms with Crippen LogP contribution < -0.4 is 9.80 Å². The van der Waals surface area contributed by atoms with Crippen molar-refractivity contribution >= 4 is 93.1 Å². The van der Waals surface area contributed by atoms with E-state index in [-0.39, 0.29) is 11.4 Å². The van der Waals surface area contributed by atoms with Gasteiger partial charge in [-0.1, -0.05) is 217 Å². The Hall–Kier alpha value is -5.53. The zero-order chi connectivity index (χ0) is 42.4. The first-order chi connectivity index (χ1) is 30.8. The maximum Gasteiger partial charge on any atom is 0.129 e. The second-order valence-electron chi connectivity index (χ2n) is 14.1. The van der Waals surface area contributed by atoms with Gasteiger partial charge in [0, 0.05) is 76.7 Å². The van der Waals surface area contributed by atoms with Gasteiger partial charge < -0.3 is 9.80 Å². The number of hydrogen-bond donors (Lipinski definition) is 0. The molecule has 0 saturated carbocycles. The minimum atomic E-state index is 0.0341. The fourth-order valence-corrected chi connectivity index (χ4v) is 9.82. The van der Waals surface area contributed by atoms with Gasteiger partial charge in [0.15, 0.2) is 0 Å². The molecule has 9 aromatic rings. The highest BCUT2D eigenvalue weighted by molar-refractivity contribution is 15.0. The van der Waals surface area contributed by atoms with E-state index in [2.05, 4.69) is 265 Å². The topological polar surface area (TPSA) is 31.7 Å². The van der Waals surface area contributed by atoms with Crippen molar-refractivity contribution < 1.29 is 0 Å². The Bertz CT molecular complexity index is 2650. The molecule has 304 valence electrons. The zero-order valence-electron chi connectivity index (χ0n) is 33.6. The van der Waals surface area contributed by atoms with Crippen molar-refractivity contribution in [2.45, 2.75) is 11.4 Å². The molecule has 0 saturated heterocycles. The molecule has 1 aliphatic rings. The van der Waals surface area contributed by atoms with E-state index in [9.17, 15) is 0 Å². The summed E-state index contributed by atoms with van der Waals surface area (Å²) in [5.41, 5.74) is 10.2. The molecule has 0 bridgehead atoms. The van der Waals surface area contributed by atoms with Crippen molar-refractivity contribution in [3.8, 4) is 21.8 Å². The SMILES string of the molecule is II.c1ccc(-c2nc(-c3ccccc3)c(N(c3ccccc3)c3ccccc3)s2)cc1.c1ccc(C2=NC(c3ccccc3)C(N(c3ccccc3)c3ccccc3)S2)cc1. The van der Waals surface area contributed by atoms with Crippen LogP contribution in [-0.2, 0) is 0 Å². The Morgan fingerprint density at radius 1 is 0.403 bits per heavy atom. The Labute approximate surface area is 396 Å². The van der Waals surface area contributed by atoms with Crippen molar-refractivity contribution in [2.75, 3.05) is 9.80 Å². The first-order valence-corrected chi connectivity index (χ1v) is 28.2. The lowest BCUT2D eigenvalue weighted by Crippen LogP contribution is -2.31. The standard InChI is InChI=1S/C27H22N2S.C27H20N2S.I2/c2*1-5-13-21(14-6-1)25-27(30-26(28-25)22-15-7-2-8-16-22)29(23-17-9-3-10-18-23)24-19-11-4-12-20-24;1-2/h1-20,25,27H;1-20H;. The lowest BCUT2D eigenvalue weighted by atomic mass is 10.1. The van der Waals surface area contributed by atoms with Crippen molar-refractivity contribution in [2.24, 2.45) is 4.99 Å². The highest BCUT2D eigenvalue weighted by Crippen LogP contribution is 2.48. The molecule has 62 heavy (non-hydrogen) atoms. The van der Waals surface area contributed by atoms with E-state index in [1.165, 1.54) is 22.5 Å². The summed E-state index contributed by atoms with van der Waals surface area (Å²) in [5.74, 6) is 0. The average Bonchev–Trinajstić information content (AvgIpc) is 4.01. The molecule has 8 aromatic carbocycles. The Morgan fingerprint density at radius 2 is 0.774 bits per heavy atom. The monoisotopic (exact) mass is 1060 g/mol. The second kappa shape index (κ2) is 22.0. The summed E-state index contributed by atoms with van der Waals surface area (Å²) in [4.78, 5) is 15.0. The van der Waals surface area contributed by atoms with Gasteiger partial charge in [0.2, 0.25) is 0 Å². The fraction of sp³-hybridized carbons (Fsp3) is 0.0370. The summed E-state index contributed by atoms with van der Waals surface area (Å²) in [7, 11) is 0. The minimum absolute atomic E-state index is 0.0341. The minimum Gasteiger partial charge on any atom is -0.326 e. The zero-order valence-corrected chi connectivity index (χ0v) is 39.6.